The normalized spacial score (nSPS) is 10.9. The van der Waals surface area contributed by atoms with Gasteiger partial charge in [0.2, 0.25) is 0 Å². The zero-order valence-electron chi connectivity index (χ0n) is 13.2. The molecule has 6 heteroatoms. The van der Waals surface area contributed by atoms with E-state index in [1.165, 1.54) is 0 Å². The number of hydrogen-bond acceptors (Lipinski definition) is 5. The fourth-order valence-corrected chi connectivity index (χ4v) is 1.84. The van der Waals surface area contributed by atoms with Crippen molar-refractivity contribution in [2.45, 2.75) is 26.3 Å². The summed E-state index contributed by atoms with van der Waals surface area (Å²) < 4.78 is 5.20. The van der Waals surface area contributed by atoms with Gasteiger partial charge in [-0.3, -0.25) is 4.79 Å². The number of carbonyl (C=O) groups is 1. The highest BCUT2D eigenvalue weighted by atomic mass is 16.5. The van der Waals surface area contributed by atoms with Crippen LogP contribution in [0.15, 0.2) is 36.4 Å². The third kappa shape index (κ3) is 4.18. The number of aromatic nitrogens is 2. The number of carbonyl (C=O) groups excluding carboxylic acids is 1. The Kier molecular flexibility index (Phi) is 4.60. The van der Waals surface area contributed by atoms with Crippen LogP contribution in [0.1, 0.15) is 31.3 Å². The smallest absolute Gasteiger partial charge is 0.276 e. The number of nitrogens with one attached hydrogen (secondary N) is 2. The quantitative estimate of drug-likeness (QED) is 0.908. The summed E-state index contributed by atoms with van der Waals surface area (Å²) in [6, 6.07) is 10.6. The predicted octanol–water partition coefficient (Wildman–Crippen LogP) is 2.95. The van der Waals surface area contributed by atoms with Crippen molar-refractivity contribution in [3.8, 4) is 5.75 Å². The van der Waals surface area contributed by atoms with Crippen LogP contribution in [0.3, 0.4) is 0 Å². The minimum Gasteiger partial charge on any atom is -0.495 e. The summed E-state index contributed by atoms with van der Waals surface area (Å²) in [6.45, 7) is 6.07. The molecule has 0 fully saturated rings. The second-order valence-electron chi connectivity index (χ2n) is 5.83. The summed E-state index contributed by atoms with van der Waals surface area (Å²) in [5.41, 5.74) is 0.717. The Bertz CT molecular complexity index is 648. The Morgan fingerprint density at radius 1 is 1.09 bits per heavy atom. The molecule has 0 spiro atoms. The molecule has 1 amide bonds. The molecule has 1 heterocycles. The second kappa shape index (κ2) is 6.43. The summed E-state index contributed by atoms with van der Waals surface area (Å²) in [5.74, 6) is 0.885. The molecule has 0 radical (unpaired) electrons. The van der Waals surface area contributed by atoms with E-state index >= 15 is 0 Å². The van der Waals surface area contributed by atoms with Gasteiger partial charge in [0, 0.05) is 5.54 Å². The molecule has 116 valence electrons. The standard InChI is InChI=1S/C16H20N4O2/c1-16(2,3)18-14-10-9-12(19-20-14)15(21)17-11-7-5-6-8-13(11)22-4/h5-10H,1-4H3,(H,17,21)(H,18,20). The minimum absolute atomic E-state index is 0.115. The number of nitrogens with zero attached hydrogens (tertiary/aromatic N) is 2. The van der Waals surface area contributed by atoms with Crippen LogP contribution in [0.5, 0.6) is 5.75 Å². The first-order chi connectivity index (χ1) is 10.4. The van der Waals surface area contributed by atoms with Crippen molar-refractivity contribution in [1.82, 2.24) is 10.2 Å². The van der Waals surface area contributed by atoms with Crippen molar-refractivity contribution >= 4 is 17.4 Å². The molecule has 0 saturated heterocycles. The van der Waals surface area contributed by atoms with Gasteiger partial charge in [0.1, 0.15) is 11.6 Å². The largest absolute Gasteiger partial charge is 0.495 e. The number of amides is 1. The van der Waals surface area contributed by atoms with Gasteiger partial charge in [-0.1, -0.05) is 12.1 Å². The van der Waals surface area contributed by atoms with Crippen LogP contribution in [0, 0.1) is 0 Å². The molecule has 0 bridgehead atoms. The molecular weight excluding hydrogens is 280 g/mol. The molecule has 2 rings (SSSR count). The molecule has 1 aromatic heterocycles. The lowest BCUT2D eigenvalue weighted by Crippen LogP contribution is -2.27. The van der Waals surface area contributed by atoms with Crippen molar-refractivity contribution < 1.29 is 9.53 Å². The molecule has 0 aliphatic rings. The maximum Gasteiger partial charge on any atom is 0.276 e. The maximum absolute atomic E-state index is 12.2. The maximum atomic E-state index is 12.2. The summed E-state index contributed by atoms with van der Waals surface area (Å²) >= 11 is 0. The van der Waals surface area contributed by atoms with Crippen LogP contribution in [0.2, 0.25) is 0 Å². The Hall–Kier alpha value is -2.63. The van der Waals surface area contributed by atoms with Crippen molar-refractivity contribution in [3.05, 3.63) is 42.1 Å². The molecule has 2 N–H and O–H groups in total. The number of benzene rings is 1. The zero-order valence-corrected chi connectivity index (χ0v) is 13.2. The van der Waals surface area contributed by atoms with Crippen LogP contribution < -0.4 is 15.4 Å². The molecule has 0 aliphatic carbocycles. The van der Waals surface area contributed by atoms with Gasteiger partial charge in [-0.05, 0) is 45.0 Å². The summed E-state index contributed by atoms with van der Waals surface area (Å²) in [4.78, 5) is 12.2. The summed E-state index contributed by atoms with van der Waals surface area (Å²) in [7, 11) is 1.55. The monoisotopic (exact) mass is 300 g/mol. The van der Waals surface area contributed by atoms with Crippen LogP contribution in [0.4, 0.5) is 11.5 Å². The average Bonchev–Trinajstić information content (AvgIpc) is 2.47. The number of anilines is 2. The number of methoxy groups -OCH3 is 1. The number of hydrogen-bond donors (Lipinski definition) is 2. The predicted molar refractivity (Wildman–Crippen MR) is 86.4 cm³/mol. The highest BCUT2D eigenvalue weighted by Crippen LogP contribution is 2.23. The highest BCUT2D eigenvalue weighted by Gasteiger charge is 2.13. The third-order valence-electron chi connectivity index (χ3n) is 2.76. The molecule has 1 aromatic carbocycles. The molecule has 2 aromatic rings. The van der Waals surface area contributed by atoms with Crippen LogP contribution in [0.25, 0.3) is 0 Å². The first kappa shape index (κ1) is 15.8. The van der Waals surface area contributed by atoms with Crippen molar-refractivity contribution in [2.24, 2.45) is 0 Å². The first-order valence-electron chi connectivity index (χ1n) is 6.95. The van der Waals surface area contributed by atoms with Gasteiger partial charge in [0.15, 0.2) is 5.69 Å². The van der Waals surface area contributed by atoms with Crippen LogP contribution in [-0.4, -0.2) is 28.8 Å². The van der Waals surface area contributed by atoms with Gasteiger partial charge >= 0.3 is 0 Å². The van der Waals surface area contributed by atoms with E-state index in [2.05, 4.69) is 20.8 Å². The average molecular weight is 300 g/mol. The lowest BCUT2D eigenvalue weighted by molar-refractivity contribution is 0.102. The Morgan fingerprint density at radius 3 is 2.41 bits per heavy atom. The van der Waals surface area contributed by atoms with Gasteiger partial charge in [-0.25, -0.2) is 0 Å². The molecule has 0 unspecified atom stereocenters. The lowest BCUT2D eigenvalue weighted by atomic mass is 10.1. The molecule has 0 saturated carbocycles. The van der Waals surface area contributed by atoms with Crippen LogP contribution >= 0.6 is 0 Å². The zero-order chi connectivity index (χ0) is 16.2. The van der Waals surface area contributed by atoms with E-state index in [9.17, 15) is 4.79 Å². The van der Waals surface area contributed by atoms with E-state index in [-0.39, 0.29) is 17.1 Å². The number of para-hydroxylation sites is 2. The third-order valence-corrected chi connectivity index (χ3v) is 2.76. The van der Waals surface area contributed by atoms with E-state index in [0.29, 0.717) is 17.3 Å². The molecule has 0 aliphatic heterocycles. The van der Waals surface area contributed by atoms with E-state index < -0.39 is 0 Å². The first-order valence-corrected chi connectivity index (χ1v) is 6.95. The minimum atomic E-state index is -0.334. The van der Waals surface area contributed by atoms with Gasteiger partial charge in [-0.15, -0.1) is 10.2 Å². The molecule has 22 heavy (non-hydrogen) atoms. The molecule has 6 nitrogen and oxygen atoms in total. The van der Waals surface area contributed by atoms with Crippen LogP contribution in [-0.2, 0) is 0 Å². The van der Waals surface area contributed by atoms with E-state index in [0.717, 1.165) is 0 Å². The van der Waals surface area contributed by atoms with E-state index in [1.54, 1.807) is 31.4 Å². The highest BCUT2D eigenvalue weighted by molar-refractivity contribution is 6.03. The lowest BCUT2D eigenvalue weighted by Gasteiger charge is -2.20. The Balaban J connectivity index is 2.10. The van der Waals surface area contributed by atoms with E-state index in [4.69, 9.17) is 4.74 Å². The van der Waals surface area contributed by atoms with Crippen molar-refractivity contribution in [2.75, 3.05) is 17.7 Å². The van der Waals surface area contributed by atoms with E-state index in [1.807, 2.05) is 32.9 Å². The summed E-state index contributed by atoms with van der Waals surface area (Å²) in [6.07, 6.45) is 0. The second-order valence-corrected chi connectivity index (χ2v) is 5.83. The summed E-state index contributed by atoms with van der Waals surface area (Å²) in [5, 5.41) is 13.9. The SMILES string of the molecule is COc1ccccc1NC(=O)c1ccc(NC(C)(C)C)nn1. The number of ether oxygens (including phenoxy) is 1. The van der Waals surface area contributed by atoms with Crippen molar-refractivity contribution in [3.63, 3.8) is 0 Å². The topological polar surface area (TPSA) is 76.1 Å². The molecule has 0 atom stereocenters. The van der Waals surface area contributed by atoms with Gasteiger partial charge in [0.05, 0.1) is 12.8 Å². The molecular formula is C16H20N4O2. The number of rotatable bonds is 4. The Labute approximate surface area is 129 Å². The van der Waals surface area contributed by atoms with Crippen molar-refractivity contribution in [1.29, 1.82) is 0 Å². The van der Waals surface area contributed by atoms with Gasteiger partial charge in [0.25, 0.3) is 5.91 Å². The fraction of sp³-hybridized carbons (Fsp3) is 0.312. The Morgan fingerprint density at radius 2 is 1.82 bits per heavy atom. The van der Waals surface area contributed by atoms with Gasteiger partial charge < -0.3 is 15.4 Å². The van der Waals surface area contributed by atoms with Gasteiger partial charge in [-0.2, -0.15) is 0 Å². The fourth-order valence-electron chi connectivity index (χ4n) is 1.84.